The molecule has 0 unspecified atom stereocenters. The van der Waals surface area contributed by atoms with Crippen LogP contribution in [0.4, 0.5) is 5.69 Å². The number of carbonyl (C=O) groups is 1. The Bertz CT molecular complexity index is 651. The molecule has 0 radical (unpaired) electrons. The lowest BCUT2D eigenvalue weighted by Gasteiger charge is -2.23. The van der Waals surface area contributed by atoms with E-state index in [-0.39, 0.29) is 5.91 Å². The lowest BCUT2D eigenvalue weighted by molar-refractivity contribution is -0.117. The van der Waals surface area contributed by atoms with Crippen LogP contribution in [-0.2, 0) is 4.79 Å². The number of benzene rings is 1. The van der Waals surface area contributed by atoms with Crippen molar-refractivity contribution in [2.45, 2.75) is 32.7 Å². The summed E-state index contributed by atoms with van der Waals surface area (Å²) in [4.78, 5) is 16.0. The molecule has 1 aliphatic rings. The summed E-state index contributed by atoms with van der Waals surface area (Å²) in [5.41, 5.74) is 3.25. The molecule has 0 saturated carbocycles. The molecule has 1 saturated heterocycles. The molecule has 2 aromatic rings. The number of carbonyl (C=O) groups excluding carboxylic acids is 1. The molecule has 22 heavy (non-hydrogen) atoms. The van der Waals surface area contributed by atoms with Crippen LogP contribution < -0.4 is 5.32 Å². The van der Waals surface area contributed by atoms with Gasteiger partial charge in [0.1, 0.15) is 0 Å². The third-order valence-electron chi connectivity index (χ3n) is 4.24. The molecule has 116 valence electrons. The third kappa shape index (κ3) is 3.39. The largest absolute Gasteiger partial charge is 0.325 e. The second-order valence-electron chi connectivity index (χ2n) is 6.01. The quantitative estimate of drug-likeness (QED) is 0.920. The topological polar surface area (TPSA) is 32.3 Å². The Morgan fingerprint density at radius 1 is 1.36 bits per heavy atom. The van der Waals surface area contributed by atoms with Crippen molar-refractivity contribution >= 4 is 22.9 Å². The van der Waals surface area contributed by atoms with Crippen LogP contribution in [0.1, 0.15) is 34.9 Å². The first-order chi connectivity index (χ1) is 10.6. The number of hydrogen-bond donors (Lipinski definition) is 1. The Morgan fingerprint density at radius 2 is 2.23 bits per heavy atom. The van der Waals surface area contributed by atoms with E-state index in [0.29, 0.717) is 12.6 Å². The molecular formula is C18H22N2OS. The van der Waals surface area contributed by atoms with Crippen LogP contribution in [0, 0.1) is 13.8 Å². The van der Waals surface area contributed by atoms with E-state index in [0.717, 1.165) is 24.2 Å². The van der Waals surface area contributed by atoms with Gasteiger partial charge in [0.15, 0.2) is 0 Å². The number of likely N-dealkylation sites (tertiary alicyclic amines) is 1. The van der Waals surface area contributed by atoms with E-state index < -0.39 is 0 Å². The molecule has 0 spiro atoms. The van der Waals surface area contributed by atoms with Crippen molar-refractivity contribution in [3.63, 3.8) is 0 Å². The van der Waals surface area contributed by atoms with Crippen molar-refractivity contribution in [1.82, 2.24) is 4.90 Å². The summed E-state index contributed by atoms with van der Waals surface area (Å²) in [6, 6.07) is 10.8. The second kappa shape index (κ2) is 6.63. The fourth-order valence-corrected chi connectivity index (χ4v) is 4.04. The van der Waals surface area contributed by atoms with Crippen LogP contribution in [0.3, 0.4) is 0 Å². The first-order valence-electron chi connectivity index (χ1n) is 7.78. The Morgan fingerprint density at radius 3 is 2.95 bits per heavy atom. The van der Waals surface area contributed by atoms with Gasteiger partial charge in [0, 0.05) is 16.6 Å². The van der Waals surface area contributed by atoms with Crippen molar-refractivity contribution in [2.75, 3.05) is 18.4 Å². The maximum Gasteiger partial charge on any atom is 0.238 e. The summed E-state index contributed by atoms with van der Waals surface area (Å²) in [5.74, 6) is 0.0791. The van der Waals surface area contributed by atoms with Gasteiger partial charge in [-0.3, -0.25) is 9.69 Å². The standard InChI is InChI=1S/C18H22N2OS/c1-13-7-8-15(14(2)11-13)19-18(21)12-20-9-3-5-16(20)17-6-4-10-22-17/h4,6-8,10-11,16H,3,5,9,12H2,1-2H3,(H,19,21)/t16-/m0/s1. The predicted molar refractivity (Wildman–Crippen MR) is 92.4 cm³/mol. The van der Waals surface area contributed by atoms with Gasteiger partial charge < -0.3 is 5.32 Å². The summed E-state index contributed by atoms with van der Waals surface area (Å²) in [5, 5.41) is 5.17. The van der Waals surface area contributed by atoms with Crippen molar-refractivity contribution in [3.8, 4) is 0 Å². The average molecular weight is 314 g/mol. The Kier molecular flexibility index (Phi) is 4.60. The van der Waals surface area contributed by atoms with Crippen molar-refractivity contribution in [3.05, 3.63) is 51.7 Å². The molecule has 1 aliphatic heterocycles. The Hall–Kier alpha value is -1.65. The van der Waals surface area contributed by atoms with Crippen LogP contribution in [0.25, 0.3) is 0 Å². The van der Waals surface area contributed by atoms with Crippen LogP contribution >= 0.6 is 11.3 Å². The predicted octanol–water partition coefficient (Wildman–Crippen LogP) is 4.14. The smallest absolute Gasteiger partial charge is 0.238 e. The number of hydrogen-bond acceptors (Lipinski definition) is 3. The first-order valence-corrected chi connectivity index (χ1v) is 8.66. The molecule has 3 nitrogen and oxygen atoms in total. The van der Waals surface area contributed by atoms with Crippen molar-refractivity contribution < 1.29 is 4.79 Å². The average Bonchev–Trinajstić information content (AvgIpc) is 3.12. The van der Waals surface area contributed by atoms with E-state index in [1.165, 1.54) is 16.9 Å². The minimum atomic E-state index is 0.0791. The monoisotopic (exact) mass is 314 g/mol. The maximum atomic E-state index is 12.4. The van der Waals surface area contributed by atoms with Gasteiger partial charge in [-0.05, 0) is 56.3 Å². The highest BCUT2D eigenvalue weighted by Crippen LogP contribution is 2.34. The number of nitrogens with one attached hydrogen (secondary N) is 1. The SMILES string of the molecule is Cc1ccc(NC(=O)CN2CCC[C@H]2c2cccs2)c(C)c1. The molecule has 1 N–H and O–H groups in total. The lowest BCUT2D eigenvalue weighted by atomic mass is 10.1. The van der Waals surface area contributed by atoms with Crippen molar-refractivity contribution in [1.29, 1.82) is 0 Å². The van der Waals surface area contributed by atoms with Gasteiger partial charge in [0.25, 0.3) is 0 Å². The molecule has 1 aromatic carbocycles. The molecule has 2 heterocycles. The van der Waals surface area contributed by atoms with E-state index in [2.05, 4.69) is 40.7 Å². The highest BCUT2D eigenvalue weighted by Gasteiger charge is 2.28. The van der Waals surface area contributed by atoms with Gasteiger partial charge in [0.05, 0.1) is 6.54 Å². The first kappa shape index (κ1) is 15.3. The lowest BCUT2D eigenvalue weighted by Crippen LogP contribution is -2.32. The molecule has 1 aromatic heterocycles. The van der Waals surface area contributed by atoms with Gasteiger partial charge >= 0.3 is 0 Å². The number of anilines is 1. The number of amides is 1. The number of aryl methyl sites for hydroxylation is 2. The van der Waals surface area contributed by atoms with Crippen LogP contribution in [0.5, 0.6) is 0 Å². The summed E-state index contributed by atoms with van der Waals surface area (Å²) in [7, 11) is 0. The van der Waals surface area contributed by atoms with Gasteiger partial charge in [-0.25, -0.2) is 0 Å². The molecule has 0 aliphatic carbocycles. The van der Waals surface area contributed by atoms with E-state index in [4.69, 9.17) is 0 Å². The zero-order chi connectivity index (χ0) is 15.5. The molecule has 1 fully saturated rings. The zero-order valence-electron chi connectivity index (χ0n) is 13.1. The maximum absolute atomic E-state index is 12.4. The third-order valence-corrected chi connectivity index (χ3v) is 5.21. The molecule has 4 heteroatoms. The number of rotatable bonds is 4. The number of nitrogens with zero attached hydrogens (tertiary/aromatic N) is 1. The fourth-order valence-electron chi connectivity index (χ4n) is 3.15. The number of thiophene rings is 1. The van der Waals surface area contributed by atoms with Crippen molar-refractivity contribution in [2.24, 2.45) is 0 Å². The van der Waals surface area contributed by atoms with E-state index >= 15 is 0 Å². The summed E-state index contributed by atoms with van der Waals surface area (Å²) in [6.45, 7) is 5.57. The molecule has 0 bridgehead atoms. The van der Waals surface area contributed by atoms with Gasteiger partial charge in [-0.15, -0.1) is 11.3 Å². The van der Waals surface area contributed by atoms with Crippen LogP contribution in [0.2, 0.25) is 0 Å². The second-order valence-corrected chi connectivity index (χ2v) is 6.99. The minimum Gasteiger partial charge on any atom is -0.325 e. The highest BCUT2D eigenvalue weighted by atomic mass is 32.1. The zero-order valence-corrected chi connectivity index (χ0v) is 14.0. The summed E-state index contributed by atoms with van der Waals surface area (Å²) >= 11 is 1.79. The van der Waals surface area contributed by atoms with E-state index in [1.807, 2.05) is 19.1 Å². The minimum absolute atomic E-state index is 0.0791. The highest BCUT2D eigenvalue weighted by molar-refractivity contribution is 7.10. The Balaban J connectivity index is 1.64. The van der Waals surface area contributed by atoms with Gasteiger partial charge in [0.2, 0.25) is 5.91 Å². The normalized spacial score (nSPS) is 18.5. The molecule has 3 rings (SSSR count). The Labute approximate surface area is 136 Å². The van der Waals surface area contributed by atoms with E-state index in [9.17, 15) is 4.79 Å². The van der Waals surface area contributed by atoms with E-state index in [1.54, 1.807) is 11.3 Å². The molecule has 1 amide bonds. The molecule has 1 atom stereocenters. The van der Waals surface area contributed by atoms with Crippen LogP contribution in [-0.4, -0.2) is 23.9 Å². The summed E-state index contributed by atoms with van der Waals surface area (Å²) < 4.78 is 0. The van der Waals surface area contributed by atoms with Gasteiger partial charge in [-0.1, -0.05) is 23.8 Å². The summed E-state index contributed by atoms with van der Waals surface area (Å²) in [6.07, 6.45) is 2.32. The van der Waals surface area contributed by atoms with Gasteiger partial charge in [-0.2, -0.15) is 0 Å². The van der Waals surface area contributed by atoms with Crippen LogP contribution in [0.15, 0.2) is 35.7 Å². The fraction of sp³-hybridized carbons (Fsp3) is 0.389. The molecular weight excluding hydrogens is 292 g/mol.